The molecule has 0 unspecified atom stereocenters. The number of hydrogen-bond donors (Lipinski definition) is 3. The zero-order chi connectivity index (χ0) is 23.4. The molecule has 0 radical (unpaired) electrons. The van der Waals surface area contributed by atoms with E-state index >= 15 is 0 Å². The summed E-state index contributed by atoms with van der Waals surface area (Å²) in [6.07, 6.45) is 6.15. The lowest BCUT2D eigenvalue weighted by Crippen LogP contribution is -2.14. The summed E-state index contributed by atoms with van der Waals surface area (Å²) in [5.41, 5.74) is 2.77. The van der Waals surface area contributed by atoms with Gasteiger partial charge in [-0.3, -0.25) is 9.36 Å². The van der Waals surface area contributed by atoms with Crippen molar-refractivity contribution < 1.29 is 24.2 Å². The Balaban J connectivity index is 1.60. The highest BCUT2D eigenvalue weighted by Gasteiger charge is 2.12. The normalized spacial score (nSPS) is 11.2. The Morgan fingerprint density at radius 3 is 2.70 bits per heavy atom. The molecule has 3 N–H and O–H groups in total. The first kappa shape index (κ1) is 22.1. The van der Waals surface area contributed by atoms with E-state index in [0.29, 0.717) is 45.1 Å². The molecule has 0 spiro atoms. The lowest BCUT2D eigenvalue weighted by atomic mass is 10.0. The van der Waals surface area contributed by atoms with Gasteiger partial charge in [-0.05, 0) is 53.6 Å². The summed E-state index contributed by atoms with van der Waals surface area (Å²) in [5.74, 6) is 0.700. The van der Waals surface area contributed by atoms with E-state index < -0.39 is 0 Å². The summed E-state index contributed by atoms with van der Waals surface area (Å²) in [7, 11) is 1.47. The minimum absolute atomic E-state index is 0.262. The second kappa shape index (κ2) is 9.56. The summed E-state index contributed by atoms with van der Waals surface area (Å²) in [6, 6.07) is 13.6. The third-order valence-corrected chi connectivity index (χ3v) is 5.21. The van der Waals surface area contributed by atoms with Crippen molar-refractivity contribution >= 4 is 11.9 Å². The lowest BCUT2D eigenvalue weighted by Gasteiger charge is -2.12. The SMILES string of the molecule is COc1cc(/C=C/C(=O)c2cccc(-n3cc(-c4ccco4)[nH]c3=O)c2)cc(CO)c1CO. The van der Waals surface area contributed by atoms with Crippen LogP contribution < -0.4 is 10.4 Å². The zero-order valence-corrected chi connectivity index (χ0v) is 17.8. The minimum Gasteiger partial charge on any atom is -0.496 e. The van der Waals surface area contributed by atoms with E-state index in [1.54, 1.807) is 60.8 Å². The van der Waals surface area contributed by atoms with Gasteiger partial charge in [-0.25, -0.2) is 4.79 Å². The average molecular weight is 446 g/mol. The Morgan fingerprint density at radius 1 is 1.15 bits per heavy atom. The van der Waals surface area contributed by atoms with Crippen molar-refractivity contribution in [1.29, 1.82) is 0 Å². The van der Waals surface area contributed by atoms with Gasteiger partial charge in [0.05, 0.1) is 32.3 Å². The monoisotopic (exact) mass is 446 g/mol. The number of aliphatic hydroxyl groups is 2. The predicted molar refractivity (Wildman–Crippen MR) is 122 cm³/mol. The molecule has 168 valence electrons. The number of aliphatic hydroxyl groups excluding tert-OH is 2. The summed E-state index contributed by atoms with van der Waals surface area (Å²) in [4.78, 5) is 27.9. The van der Waals surface area contributed by atoms with Gasteiger partial charge in [0.1, 0.15) is 11.4 Å². The molecule has 0 aliphatic heterocycles. The van der Waals surface area contributed by atoms with Crippen LogP contribution in [0.5, 0.6) is 5.75 Å². The maximum absolute atomic E-state index is 12.8. The second-order valence-electron chi connectivity index (χ2n) is 7.25. The Labute approximate surface area is 189 Å². The lowest BCUT2D eigenvalue weighted by molar-refractivity contribution is 0.104. The van der Waals surface area contributed by atoms with Crippen LogP contribution in [-0.4, -0.2) is 32.7 Å². The highest BCUT2D eigenvalue weighted by molar-refractivity contribution is 6.07. The highest BCUT2D eigenvalue weighted by atomic mass is 16.5. The van der Waals surface area contributed by atoms with Crippen LogP contribution in [0.15, 0.2) is 76.3 Å². The van der Waals surface area contributed by atoms with Crippen molar-refractivity contribution in [2.45, 2.75) is 13.2 Å². The molecule has 0 amide bonds. The largest absolute Gasteiger partial charge is 0.496 e. The van der Waals surface area contributed by atoms with Crippen molar-refractivity contribution in [3.8, 4) is 22.9 Å². The zero-order valence-electron chi connectivity index (χ0n) is 17.8. The molecule has 8 nitrogen and oxygen atoms in total. The van der Waals surface area contributed by atoms with Crippen molar-refractivity contribution in [2.75, 3.05) is 7.11 Å². The quantitative estimate of drug-likeness (QED) is 0.282. The van der Waals surface area contributed by atoms with E-state index in [4.69, 9.17) is 9.15 Å². The number of carbonyl (C=O) groups is 1. The van der Waals surface area contributed by atoms with Gasteiger partial charge in [0, 0.05) is 17.3 Å². The molecule has 2 heterocycles. The first-order valence-corrected chi connectivity index (χ1v) is 10.1. The van der Waals surface area contributed by atoms with Gasteiger partial charge in [0.15, 0.2) is 11.5 Å². The molecule has 2 aromatic heterocycles. The van der Waals surface area contributed by atoms with Crippen LogP contribution in [0.3, 0.4) is 0 Å². The Kier molecular flexibility index (Phi) is 6.39. The number of carbonyl (C=O) groups excluding carboxylic acids is 1. The number of H-pyrrole nitrogens is 1. The van der Waals surface area contributed by atoms with E-state index in [-0.39, 0.29) is 24.7 Å². The first-order chi connectivity index (χ1) is 16.0. The molecular formula is C25H22N2O6. The molecule has 33 heavy (non-hydrogen) atoms. The van der Waals surface area contributed by atoms with Crippen molar-refractivity contribution in [3.05, 3.63) is 99.8 Å². The Hall–Kier alpha value is -4.14. The van der Waals surface area contributed by atoms with E-state index in [2.05, 4.69) is 4.98 Å². The molecule has 2 aromatic carbocycles. The maximum atomic E-state index is 12.8. The number of hydrogen-bond acceptors (Lipinski definition) is 6. The predicted octanol–water partition coefficient (Wildman–Crippen LogP) is 3.31. The number of benzene rings is 2. The maximum Gasteiger partial charge on any atom is 0.330 e. The summed E-state index contributed by atoms with van der Waals surface area (Å²) in [5, 5.41) is 19.1. The number of allylic oxidation sites excluding steroid dienone is 1. The van der Waals surface area contributed by atoms with Crippen LogP contribution in [-0.2, 0) is 13.2 Å². The average Bonchev–Trinajstić information content (AvgIpc) is 3.51. The topological polar surface area (TPSA) is 118 Å². The third kappa shape index (κ3) is 4.57. The molecule has 0 atom stereocenters. The number of imidazole rings is 1. The van der Waals surface area contributed by atoms with E-state index in [1.807, 2.05) is 0 Å². The van der Waals surface area contributed by atoms with Crippen molar-refractivity contribution in [1.82, 2.24) is 9.55 Å². The molecule has 0 aliphatic rings. The fourth-order valence-electron chi connectivity index (χ4n) is 3.55. The number of methoxy groups -OCH3 is 1. The van der Waals surface area contributed by atoms with Crippen LogP contribution in [0, 0.1) is 0 Å². The van der Waals surface area contributed by atoms with E-state index in [0.717, 1.165) is 0 Å². The number of aromatic nitrogens is 2. The van der Waals surface area contributed by atoms with Gasteiger partial charge in [-0.2, -0.15) is 0 Å². The molecule has 4 rings (SSSR count). The van der Waals surface area contributed by atoms with E-state index in [1.165, 1.54) is 24.0 Å². The number of ether oxygens (including phenoxy) is 1. The Bertz CT molecular complexity index is 1340. The molecule has 0 fully saturated rings. The summed E-state index contributed by atoms with van der Waals surface area (Å²) < 4.78 is 12.0. The van der Waals surface area contributed by atoms with Crippen LogP contribution >= 0.6 is 0 Å². The third-order valence-electron chi connectivity index (χ3n) is 5.21. The minimum atomic E-state index is -0.353. The number of nitrogens with one attached hydrogen (secondary N) is 1. The van der Waals surface area contributed by atoms with Gasteiger partial charge >= 0.3 is 5.69 Å². The smallest absolute Gasteiger partial charge is 0.330 e. The number of furan rings is 1. The number of nitrogens with zero attached hydrogens (tertiary/aromatic N) is 1. The number of rotatable bonds is 8. The molecule has 0 bridgehead atoms. The summed E-state index contributed by atoms with van der Waals surface area (Å²) in [6.45, 7) is -0.537. The van der Waals surface area contributed by atoms with E-state index in [9.17, 15) is 19.8 Å². The van der Waals surface area contributed by atoms with Gasteiger partial charge < -0.3 is 24.4 Å². The molecule has 0 aliphatic carbocycles. The van der Waals surface area contributed by atoms with Crippen LogP contribution in [0.1, 0.15) is 27.0 Å². The fraction of sp³-hybridized carbons (Fsp3) is 0.120. The first-order valence-electron chi connectivity index (χ1n) is 10.1. The molecular weight excluding hydrogens is 424 g/mol. The molecule has 0 saturated heterocycles. The van der Waals surface area contributed by atoms with Crippen molar-refractivity contribution in [2.24, 2.45) is 0 Å². The molecule has 4 aromatic rings. The van der Waals surface area contributed by atoms with Gasteiger partial charge in [0.2, 0.25) is 0 Å². The fourth-order valence-corrected chi connectivity index (χ4v) is 3.55. The number of ketones is 1. The number of aromatic amines is 1. The molecule has 8 heteroatoms. The van der Waals surface area contributed by atoms with Gasteiger partial charge in [0.25, 0.3) is 0 Å². The van der Waals surface area contributed by atoms with Crippen LogP contribution in [0.2, 0.25) is 0 Å². The second-order valence-corrected chi connectivity index (χ2v) is 7.25. The highest BCUT2D eigenvalue weighted by Crippen LogP contribution is 2.26. The Morgan fingerprint density at radius 2 is 2.00 bits per heavy atom. The van der Waals surface area contributed by atoms with Crippen LogP contribution in [0.4, 0.5) is 0 Å². The molecule has 0 saturated carbocycles. The van der Waals surface area contributed by atoms with Gasteiger partial charge in [-0.15, -0.1) is 0 Å². The summed E-state index contributed by atoms with van der Waals surface area (Å²) >= 11 is 0. The van der Waals surface area contributed by atoms with Crippen molar-refractivity contribution in [3.63, 3.8) is 0 Å². The standard InChI is InChI=1S/C25H22N2O6/c1-32-24-11-16(10-18(14-28)20(24)15-29)7-8-22(30)17-4-2-5-19(12-17)27-13-21(26-25(27)31)23-6-3-9-33-23/h2-13,28-29H,14-15H2,1H3,(H,26,31)/b8-7+. The van der Waals surface area contributed by atoms with Gasteiger partial charge in [-0.1, -0.05) is 18.2 Å². The van der Waals surface area contributed by atoms with Crippen LogP contribution in [0.25, 0.3) is 23.2 Å².